The van der Waals surface area contributed by atoms with E-state index in [0.717, 1.165) is 0 Å². The van der Waals surface area contributed by atoms with E-state index < -0.39 is 28.3 Å². The molecule has 0 amide bonds. The number of nitrogens with one attached hydrogen (secondary N) is 1. The van der Waals surface area contributed by atoms with E-state index in [9.17, 15) is 14.1 Å². The highest BCUT2D eigenvalue weighted by atomic mass is 32.2. The maximum atomic E-state index is 12.0. The Morgan fingerprint density at radius 2 is 2.26 bits per heavy atom. The summed E-state index contributed by atoms with van der Waals surface area (Å²) in [7, 11) is 0. The average molecular weight is 280 g/mol. The second-order valence-corrected chi connectivity index (χ2v) is 5.53. The van der Waals surface area contributed by atoms with Crippen LogP contribution in [0.15, 0.2) is 41.8 Å². The van der Waals surface area contributed by atoms with Crippen LogP contribution >= 0.6 is 0 Å². The van der Waals surface area contributed by atoms with Crippen molar-refractivity contribution in [2.75, 3.05) is 11.9 Å². The van der Waals surface area contributed by atoms with Crippen molar-refractivity contribution in [2.45, 2.75) is 17.4 Å². The van der Waals surface area contributed by atoms with Crippen molar-refractivity contribution < 1.29 is 18.9 Å². The highest BCUT2D eigenvalue weighted by molar-refractivity contribution is 8.06. The Bertz CT molecular complexity index is 517. The topological polar surface area (TPSA) is 78.5 Å². The van der Waals surface area contributed by atoms with Crippen molar-refractivity contribution in [3.63, 3.8) is 0 Å². The van der Waals surface area contributed by atoms with Gasteiger partial charge >= 0.3 is 11.1 Å². The number of rotatable bonds is 4. The van der Waals surface area contributed by atoms with Gasteiger partial charge < -0.3 is 14.6 Å². The zero-order valence-electron chi connectivity index (χ0n) is 10.2. The summed E-state index contributed by atoms with van der Waals surface area (Å²) < 4.78 is 16.8. The lowest BCUT2D eigenvalue weighted by atomic mass is 10.2. The van der Waals surface area contributed by atoms with Gasteiger partial charge in [0.05, 0.1) is 12.1 Å². The van der Waals surface area contributed by atoms with E-state index in [2.05, 4.69) is 11.9 Å². The Morgan fingerprint density at radius 1 is 1.53 bits per heavy atom. The third-order valence-electron chi connectivity index (χ3n) is 2.68. The van der Waals surface area contributed by atoms with E-state index in [1.807, 2.05) is 0 Å². The quantitative estimate of drug-likeness (QED) is 0.385. The van der Waals surface area contributed by atoms with Crippen molar-refractivity contribution in [2.24, 2.45) is 0 Å². The summed E-state index contributed by atoms with van der Waals surface area (Å²) in [4.78, 5) is 23.9. The zero-order valence-corrected chi connectivity index (χ0v) is 11.1. The molecule has 0 spiro atoms. The van der Waals surface area contributed by atoms with Gasteiger partial charge in [0.2, 0.25) is 0 Å². The standard InChI is InChI=1S/C13H14NO4S/c1-2-7-18-12(15)8-10-13(16)19(17)11-6-4-3-5-9(11)14-10/h2-6,10,14,19H,1,7-8H2. The fourth-order valence-electron chi connectivity index (χ4n) is 1.80. The number of ether oxygens (including phenoxy) is 1. The molecular formula is C13H14NO4S. The summed E-state index contributed by atoms with van der Waals surface area (Å²) in [5, 5.41) is 2.46. The minimum atomic E-state index is -2.13. The molecule has 0 bridgehead atoms. The van der Waals surface area contributed by atoms with Crippen LogP contribution in [-0.4, -0.2) is 28.3 Å². The molecule has 0 saturated heterocycles. The molecule has 1 radical (unpaired) electrons. The molecule has 19 heavy (non-hydrogen) atoms. The van der Waals surface area contributed by atoms with Gasteiger partial charge in [0.1, 0.15) is 17.5 Å². The van der Waals surface area contributed by atoms with E-state index in [4.69, 9.17) is 4.74 Å². The van der Waals surface area contributed by atoms with Crippen LogP contribution in [0.3, 0.4) is 0 Å². The van der Waals surface area contributed by atoms with E-state index in [0.29, 0.717) is 10.6 Å². The Kier molecular flexibility index (Phi) is 4.24. The predicted octanol–water partition coefficient (Wildman–Crippen LogP) is 0.966. The minimum Gasteiger partial charge on any atom is -0.643 e. The molecule has 1 N–H and O–H groups in total. The summed E-state index contributed by atoms with van der Waals surface area (Å²) >= 11 is -2.13. The summed E-state index contributed by atoms with van der Waals surface area (Å²) in [6.07, 6.45) is 1.31. The number of benzene rings is 1. The monoisotopic (exact) mass is 280 g/mol. The largest absolute Gasteiger partial charge is 0.643 e. The molecular weight excluding hydrogens is 266 g/mol. The molecule has 1 aliphatic rings. The lowest BCUT2D eigenvalue weighted by Crippen LogP contribution is -2.41. The molecule has 0 saturated carbocycles. The second-order valence-electron chi connectivity index (χ2n) is 4.02. The van der Waals surface area contributed by atoms with Gasteiger partial charge in [0.25, 0.3) is 0 Å². The van der Waals surface area contributed by atoms with Crippen LogP contribution < -0.4 is 5.32 Å². The molecule has 2 rings (SSSR count). The van der Waals surface area contributed by atoms with Gasteiger partial charge in [-0.25, -0.2) is 4.79 Å². The van der Waals surface area contributed by atoms with Gasteiger partial charge in [-0.15, -0.1) is 11.2 Å². The average Bonchev–Trinajstić information content (AvgIpc) is 2.42. The zero-order chi connectivity index (χ0) is 13.8. The second kappa shape index (κ2) is 5.90. The molecule has 1 aromatic carbocycles. The number of hydrogen-bond donors (Lipinski definition) is 1. The first-order valence-corrected chi connectivity index (χ1v) is 7.02. The third kappa shape index (κ3) is 2.97. The SMILES string of the molecule is C=CCOC(=O)CC1Nc2ccccc2[SH+]([O-])C1=O. The summed E-state index contributed by atoms with van der Waals surface area (Å²) in [6.45, 7) is 3.53. The fourth-order valence-corrected chi connectivity index (χ4v) is 3.05. The number of fused-ring (bicyclic) bond motifs is 1. The Morgan fingerprint density at radius 3 is 3.00 bits per heavy atom. The van der Waals surface area contributed by atoms with Crippen molar-refractivity contribution in [1.82, 2.24) is 0 Å². The van der Waals surface area contributed by atoms with Crippen LogP contribution in [-0.2, 0) is 25.5 Å². The number of hydrogen-bond acceptors (Lipinski definition) is 5. The molecule has 101 valence electrons. The normalized spacial score (nSPS) is 21.2. The Labute approximate surface area is 113 Å². The van der Waals surface area contributed by atoms with Crippen LogP contribution in [0.1, 0.15) is 6.42 Å². The van der Waals surface area contributed by atoms with E-state index in [1.54, 1.807) is 24.3 Å². The van der Waals surface area contributed by atoms with Crippen LogP contribution in [0.25, 0.3) is 0 Å². The van der Waals surface area contributed by atoms with Crippen molar-refractivity contribution in [3.8, 4) is 0 Å². The van der Waals surface area contributed by atoms with E-state index >= 15 is 0 Å². The lowest BCUT2D eigenvalue weighted by Gasteiger charge is -2.29. The number of para-hydroxylation sites is 1. The number of carbonyl (C=O) groups is 2. The molecule has 0 fully saturated rings. The molecule has 5 nitrogen and oxygen atoms in total. The first kappa shape index (κ1) is 13.6. The van der Waals surface area contributed by atoms with Crippen molar-refractivity contribution in [1.29, 1.82) is 0 Å². The van der Waals surface area contributed by atoms with Gasteiger partial charge in [-0.05, 0) is 12.1 Å². The minimum absolute atomic E-state index is 0.0997. The van der Waals surface area contributed by atoms with Gasteiger partial charge in [0.15, 0.2) is 0 Å². The molecule has 2 atom stereocenters. The number of carbonyl (C=O) groups excluding carboxylic acids is 2. The van der Waals surface area contributed by atoms with Crippen LogP contribution in [0, 0.1) is 0 Å². The third-order valence-corrected chi connectivity index (χ3v) is 4.22. The lowest BCUT2D eigenvalue weighted by molar-refractivity contribution is -0.143. The van der Waals surface area contributed by atoms with Gasteiger partial charge in [-0.2, -0.15) is 0 Å². The first-order chi connectivity index (χ1) is 9.13. The summed E-state index contributed by atoms with van der Waals surface area (Å²) in [5.41, 5.74) is 0.629. The first-order valence-electron chi connectivity index (χ1n) is 5.76. The summed E-state index contributed by atoms with van der Waals surface area (Å²) in [5.74, 6) is -0.520. The van der Waals surface area contributed by atoms with Crippen molar-refractivity contribution in [3.05, 3.63) is 36.9 Å². The number of thiol groups is 1. The predicted molar refractivity (Wildman–Crippen MR) is 72.4 cm³/mol. The molecule has 0 aliphatic carbocycles. The fraction of sp³-hybridized carbons (Fsp3) is 0.231. The molecule has 6 heteroatoms. The van der Waals surface area contributed by atoms with Crippen LogP contribution in [0.2, 0.25) is 0 Å². The maximum absolute atomic E-state index is 12.0. The number of anilines is 1. The smallest absolute Gasteiger partial charge is 0.313 e. The summed E-state index contributed by atoms with van der Waals surface area (Å²) in [6, 6.07) is 6.08. The van der Waals surface area contributed by atoms with Crippen LogP contribution in [0.5, 0.6) is 0 Å². The van der Waals surface area contributed by atoms with Crippen LogP contribution in [0.4, 0.5) is 5.69 Å². The Balaban J connectivity index is 2.10. The molecule has 2 unspecified atom stereocenters. The van der Waals surface area contributed by atoms with E-state index in [-0.39, 0.29) is 13.0 Å². The highest BCUT2D eigenvalue weighted by Gasteiger charge is 2.35. The number of esters is 1. The van der Waals surface area contributed by atoms with Gasteiger partial charge in [-0.3, -0.25) is 4.79 Å². The highest BCUT2D eigenvalue weighted by Crippen LogP contribution is 2.29. The van der Waals surface area contributed by atoms with Gasteiger partial charge in [0, 0.05) is 0 Å². The molecule has 1 aliphatic heterocycles. The molecule has 1 heterocycles. The van der Waals surface area contributed by atoms with Crippen molar-refractivity contribution >= 4 is 27.9 Å². The van der Waals surface area contributed by atoms with Gasteiger partial charge in [-0.1, -0.05) is 24.8 Å². The molecule has 1 aromatic rings. The van der Waals surface area contributed by atoms with E-state index in [1.165, 1.54) is 6.08 Å². The maximum Gasteiger partial charge on any atom is 0.313 e. The molecule has 0 aromatic heterocycles. The Hall–Kier alpha value is -1.79.